The van der Waals surface area contributed by atoms with Crippen molar-refractivity contribution in [1.29, 1.82) is 0 Å². The van der Waals surface area contributed by atoms with Gasteiger partial charge < -0.3 is 10.0 Å². The van der Waals surface area contributed by atoms with E-state index in [-0.39, 0.29) is 5.91 Å². The summed E-state index contributed by atoms with van der Waals surface area (Å²) >= 11 is 0. The first-order chi connectivity index (χ1) is 11.1. The highest BCUT2D eigenvalue weighted by Gasteiger charge is 2.32. The van der Waals surface area contributed by atoms with Crippen LogP contribution in [0.25, 0.3) is 16.6 Å². The second kappa shape index (κ2) is 5.13. The summed E-state index contributed by atoms with van der Waals surface area (Å²) in [4.78, 5) is 18.3. The number of hydrogen-bond acceptors (Lipinski definition) is 5. The zero-order valence-corrected chi connectivity index (χ0v) is 12.5. The van der Waals surface area contributed by atoms with Crippen molar-refractivity contribution in [2.75, 3.05) is 13.1 Å². The number of aliphatic hydroxyl groups is 1. The molecule has 0 bridgehead atoms. The third kappa shape index (κ3) is 2.17. The van der Waals surface area contributed by atoms with E-state index in [1.54, 1.807) is 15.8 Å². The molecule has 3 heterocycles. The maximum Gasteiger partial charge on any atom is 0.276 e. The molecule has 0 unspecified atom stereocenters. The summed E-state index contributed by atoms with van der Waals surface area (Å²) in [5, 5.41) is 18.5. The van der Waals surface area contributed by atoms with Gasteiger partial charge in [0, 0.05) is 24.7 Å². The van der Waals surface area contributed by atoms with Gasteiger partial charge in [-0.1, -0.05) is 11.3 Å². The van der Waals surface area contributed by atoms with Gasteiger partial charge in [0.2, 0.25) is 0 Å². The van der Waals surface area contributed by atoms with Gasteiger partial charge in [-0.25, -0.2) is 4.68 Å². The van der Waals surface area contributed by atoms with Crippen molar-refractivity contribution in [3.63, 3.8) is 0 Å². The molecular formula is C16H15N5O2. The second-order valence-electron chi connectivity index (χ2n) is 5.65. The Morgan fingerprint density at radius 3 is 2.87 bits per heavy atom. The van der Waals surface area contributed by atoms with E-state index in [1.165, 1.54) is 0 Å². The van der Waals surface area contributed by atoms with Gasteiger partial charge in [0.1, 0.15) is 0 Å². The molecule has 1 saturated heterocycles. The van der Waals surface area contributed by atoms with Crippen molar-refractivity contribution < 1.29 is 9.90 Å². The lowest BCUT2D eigenvalue weighted by Gasteiger charge is -2.35. The number of benzene rings is 1. The molecular weight excluding hydrogens is 294 g/mol. The molecule has 0 spiro atoms. The molecule has 1 aliphatic rings. The second-order valence-corrected chi connectivity index (χ2v) is 5.65. The van der Waals surface area contributed by atoms with E-state index >= 15 is 0 Å². The van der Waals surface area contributed by atoms with E-state index in [4.69, 9.17) is 0 Å². The fourth-order valence-corrected chi connectivity index (χ4v) is 2.80. The van der Waals surface area contributed by atoms with Gasteiger partial charge in [0.05, 0.1) is 23.0 Å². The number of β-amino-alcohol motifs (C(OH)–C–C–N with tert-alkyl or cyclic N) is 1. The number of nitrogens with zero attached hydrogens (tertiary/aromatic N) is 5. The summed E-state index contributed by atoms with van der Waals surface area (Å²) in [6.07, 6.45) is 1.31. The monoisotopic (exact) mass is 309 g/mol. The number of aromatic nitrogens is 4. The van der Waals surface area contributed by atoms with E-state index in [1.807, 2.05) is 37.3 Å². The summed E-state index contributed by atoms with van der Waals surface area (Å²) in [6, 6.07) is 9.59. The van der Waals surface area contributed by atoms with Crippen molar-refractivity contribution in [3.05, 3.63) is 47.9 Å². The summed E-state index contributed by atoms with van der Waals surface area (Å²) < 4.78 is 1.66. The average Bonchev–Trinajstić information content (AvgIpc) is 2.92. The highest BCUT2D eigenvalue weighted by molar-refractivity contribution is 5.94. The Balaban J connectivity index is 1.77. The molecule has 7 heteroatoms. The number of hydrogen-bond donors (Lipinski definition) is 1. The number of fused-ring (bicyclic) bond motifs is 1. The van der Waals surface area contributed by atoms with Crippen LogP contribution >= 0.6 is 0 Å². The molecule has 116 valence electrons. The van der Waals surface area contributed by atoms with Crippen molar-refractivity contribution in [2.45, 2.75) is 13.0 Å². The van der Waals surface area contributed by atoms with Crippen molar-refractivity contribution in [1.82, 2.24) is 24.9 Å². The number of aliphatic hydroxyl groups excluding tert-OH is 1. The number of rotatable bonds is 2. The van der Waals surface area contributed by atoms with E-state index in [0.29, 0.717) is 24.5 Å². The topological polar surface area (TPSA) is 84.1 Å². The number of amides is 1. The summed E-state index contributed by atoms with van der Waals surface area (Å²) in [6.45, 7) is 2.52. The highest BCUT2D eigenvalue weighted by Crippen LogP contribution is 2.22. The maximum absolute atomic E-state index is 12.4. The molecule has 1 N–H and O–H groups in total. The van der Waals surface area contributed by atoms with Crippen LogP contribution in [-0.4, -0.2) is 55.1 Å². The van der Waals surface area contributed by atoms with Crippen LogP contribution in [-0.2, 0) is 0 Å². The molecule has 0 aliphatic carbocycles. The Hall–Kier alpha value is -2.80. The third-order valence-corrected chi connectivity index (χ3v) is 4.10. The van der Waals surface area contributed by atoms with E-state index in [0.717, 1.165) is 16.6 Å². The minimum atomic E-state index is -0.432. The van der Waals surface area contributed by atoms with Gasteiger partial charge in [0.25, 0.3) is 5.91 Å². The SMILES string of the molecule is Cc1c(C(=O)N2CC(O)C2)nnn1-c1cccc2ncccc12. The largest absolute Gasteiger partial charge is 0.389 e. The van der Waals surface area contributed by atoms with Gasteiger partial charge in [-0.3, -0.25) is 9.78 Å². The average molecular weight is 309 g/mol. The van der Waals surface area contributed by atoms with Gasteiger partial charge >= 0.3 is 0 Å². The first kappa shape index (κ1) is 13.8. The first-order valence-electron chi connectivity index (χ1n) is 7.39. The lowest BCUT2D eigenvalue weighted by Crippen LogP contribution is -2.53. The summed E-state index contributed by atoms with van der Waals surface area (Å²) in [5.41, 5.74) is 2.69. The molecule has 2 aromatic heterocycles. The van der Waals surface area contributed by atoms with Crippen LogP contribution in [0.4, 0.5) is 0 Å². The smallest absolute Gasteiger partial charge is 0.276 e. The Bertz CT molecular complexity index is 893. The van der Waals surface area contributed by atoms with Gasteiger partial charge in [0.15, 0.2) is 5.69 Å². The number of carbonyl (C=O) groups excluding carboxylic acids is 1. The predicted octanol–water partition coefficient (Wildman–Crippen LogP) is 0.941. The summed E-state index contributed by atoms with van der Waals surface area (Å²) in [5.74, 6) is -0.197. The predicted molar refractivity (Wildman–Crippen MR) is 83.3 cm³/mol. The normalized spacial score (nSPS) is 15.0. The molecule has 7 nitrogen and oxygen atoms in total. The van der Waals surface area contributed by atoms with Crippen LogP contribution in [0.1, 0.15) is 16.2 Å². The Morgan fingerprint density at radius 2 is 2.09 bits per heavy atom. The molecule has 1 aromatic carbocycles. The zero-order chi connectivity index (χ0) is 16.0. The fraction of sp³-hybridized carbons (Fsp3) is 0.250. The standard InChI is InChI=1S/C16H15N5O2/c1-10-15(16(23)20-8-11(22)9-20)18-19-21(10)14-6-2-5-13-12(14)4-3-7-17-13/h2-7,11,22H,8-9H2,1H3. The highest BCUT2D eigenvalue weighted by atomic mass is 16.3. The van der Waals surface area contributed by atoms with Crippen LogP contribution in [0.15, 0.2) is 36.5 Å². The molecule has 4 rings (SSSR count). The molecule has 3 aromatic rings. The lowest BCUT2D eigenvalue weighted by atomic mass is 10.1. The Morgan fingerprint density at radius 1 is 1.26 bits per heavy atom. The van der Waals surface area contributed by atoms with Crippen LogP contribution in [0, 0.1) is 6.92 Å². The molecule has 1 aliphatic heterocycles. The first-order valence-corrected chi connectivity index (χ1v) is 7.39. The number of pyridine rings is 1. The van der Waals surface area contributed by atoms with Crippen LogP contribution in [0.2, 0.25) is 0 Å². The molecule has 1 fully saturated rings. The molecule has 0 saturated carbocycles. The van der Waals surface area contributed by atoms with Crippen molar-refractivity contribution in [3.8, 4) is 5.69 Å². The minimum Gasteiger partial charge on any atom is -0.389 e. The van der Waals surface area contributed by atoms with Crippen molar-refractivity contribution >= 4 is 16.8 Å². The Kier molecular flexibility index (Phi) is 3.09. The van der Waals surface area contributed by atoms with Crippen LogP contribution in [0.3, 0.4) is 0 Å². The van der Waals surface area contributed by atoms with Crippen LogP contribution < -0.4 is 0 Å². The third-order valence-electron chi connectivity index (χ3n) is 4.10. The number of carbonyl (C=O) groups is 1. The molecule has 23 heavy (non-hydrogen) atoms. The lowest BCUT2D eigenvalue weighted by molar-refractivity contribution is 0.00544. The van der Waals surface area contributed by atoms with Crippen LogP contribution in [0.5, 0.6) is 0 Å². The van der Waals surface area contributed by atoms with Gasteiger partial charge in [-0.2, -0.15) is 0 Å². The molecule has 0 atom stereocenters. The van der Waals surface area contributed by atoms with E-state index in [9.17, 15) is 9.90 Å². The number of likely N-dealkylation sites (tertiary alicyclic amines) is 1. The quantitative estimate of drug-likeness (QED) is 0.761. The van der Waals surface area contributed by atoms with E-state index < -0.39 is 6.10 Å². The summed E-state index contributed by atoms with van der Waals surface area (Å²) in [7, 11) is 0. The zero-order valence-electron chi connectivity index (χ0n) is 12.5. The molecule has 0 radical (unpaired) electrons. The molecule has 1 amide bonds. The Labute approximate surface area is 132 Å². The van der Waals surface area contributed by atoms with Gasteiger partial charge in [-0.15, -0.1) is 5.10 Å². The maximum atomic E-state index is 12.4. The fourth-order valence-electron chi connectivity index (χ4n) is 2.80. The van der Waals surface area contributed by atoms with E-state index in [2.05, 4.69) is 15.3 Å². The minimum absolute atomic E-state index is 0.197. The van der Waals surface area contributed by atoms with Crippen molar-refractivity contribution in [2.24, 2.45) is 0 Å². The van der Waals surface area contributed by atoms with Gasteiger partial charge in [-0.05, 0) is 31.2 Å².